The SMILES string of the molecule is OC(Cn1nc(-c2ccc(F)cc2)nc1-c1ccc(F)cc1)N1CCN(c2nccc3ccccc23)CC1. The van der Waals surface area contributed by atoms with E-state index in [0.29, 0.717) is 35.9 Å². The summed E-state index contributed by atoms with van der Waals surface area (Å²) in [7, 11) is 0. The van der Waals surface area contributed by atoms with Crippen molar-refractivity contribution in [3.05, 3.63) is 96.7 Å². The Hall–Kier alpha value is -4.21. The molecule has 0 spiro atoms. The molecule has 2 aromatic heterocycles. The van der Waals surface area contributed by atoms with Gasteiger partial charge in [-0.2, -0.15) is 5.10 Å². The van der Waals surface area contributed by atoms with E-state index in [-0.39, 0.29) is 18.2 Å². The van der Waals surface area contributed by atoms with E-state index >= 15 is 0 Å². The average molecular weight is 513 g/mol. The summed E-state index contributed by atoms with van der Waals surface area (Å²) >= 11 is 0. The number of aliphatic hydroxyl groups excluding tert-OH is 1. The fourth-order valence-corrected chi connectivity index (χ4v) is 4.86. The average Bonchev–Trinajstić information content (AvgIpc) is 3.37. The largest absolute Gasteiger partial charge is 0.376 e. The first kappa shape index (κ1) is 24.1. The Kier molecular flexibility index (Phi) is 6.53. The van der Waals surface area contributed by atoms with Crippen molar-refractivity contribution in [2.45, 2.75) is 12.8 Å². The quantitative estimate of drug-likeness (QED) is 0.359. The van der Waals surface area contributed by atoms with E-state index < -0.39 is 6.23 Å². The molecule has 0 bridgehead atoms. The minimum absolute atomic E-state index is 0.174. The van der Waals surface area contributed by atoms with Gasteiger partial charge in [-0.25, -0.2) is 23.4 Å². The van der Waals surface area contributed by atoms with Crippen LogP contribution in [0.2, 0.25) is 0 Å². The van der Waals surface area contributed by atoms with Crippen molar-refractivity contribution in [1.82, 2.24) is 24.6 Å². The van der Waals surface area contributed by atoms with Gasteiger partial charge in [-0.3, -0.25) is 4.90 Å². The molecule has 0 amide bonds. The first-order valence-electron chi connectivity index (χ1n) is 12.5. The maximum Gasteiger partial charge on any atom is 0.181 e. The highest BCUT2D eigenvalue weighted by Gasteiger charge is 2.26. The van der Waals surface area contributed by atoms with Crippen LogP contribution in [-0.2, 0) is 6.54 Å². The Morgan fingerprint density at radius 1 is 0.789 bits per heavy atom. The summed E-state index contributed by atoms with van der Waals surface area (Å²) in [6.45, 7) is 2.92. The molecule has 1 fully saturated rings. The van der Waals surface area contributed by atoms with Crippen LogP contribution >= 0.6 is 0 Å². The van der Waals surface area contributed by atoms with Crippen LogP contribution in [0.15, 0.2) is 85.1 Å². The van der Waals surface area contributed by atoms with Gasteiger partial charge < -0.3 is 10.0 Å². The Morgan fingerprint density at radius 2 is 1.45 bits per heavy atom. The molecule has 1 aliphatic heterocycles. The van der Waals surface area contributed by atoms with Gasteiger partial charge >= 0.3 is 0 Å². The molecule has 6 rings (SSSR count). The van der Waals surface area contributed by atoms with Gasteiger partial charge in [-0.1, -0.05) is 24.3 Å². The highest BCUT2D eigenvalue weighted by molar-refractivity contribution is 5.92. The Bertz CT molecular complexity index is 1540. The van der Waals surface area contributed by atoms with E-state index in [4.69, 9.17) is 0 Å². The number of aromatic nitrogens is 4. The zero-order valence-corrected chi connectivity index (χ0v) is 20.6. The minimum Gasteiger partial charge on any atom is -0.376 e. The zero-order valence-electron chi connectivity index (χ0n) is 20.6. The number of pyridine rings is 1. The maximum atomic E-state index is 13.6. The summed E-state index contributed by atoms with van der Waals surface area (Å²) in [5.74, 6) is 1.17. The van der Waals surface area contributed by atoms with Crippen molar-refractivity contribution < 1.29 is 13.9 Å². The molecule has 5 aromatic rings. The number of anilines is 1. The van der Waals surface area contributed by atoms with Gasteiger partial charge in [-0.15, -0.1) is 0 Å². The molecule has 1 saturated heterocycles. The van der Waals surface area contributed by atoms with Gasteiger partial charge in [0.2, 0.25) is 0 Å². The van der Waals surface area contributed by atoms with Crippen molar-refractivity contribution in [3.63, 3.8) is 0 Å². The van der Waals surface area contributed by atoms with Gasteiger partial charge in [-0.05, 0) is 60.0 Å². The predicted molar refractivity (Wildman–Crippen MR) is 142 cm³/mol. The number of rotatable bonds is 6. The molecule has 1 aliphatic rings. The Morgan fingerprint density at radius 3 is 2.16 bits per heavy atom. The fourth-order valence-electron chi connectivity index (χ4n) is 4.86. The molecule has 0 saturated carbocycles. The molecule has 3 aromatic carbocycles. The first-order chi connectivity index (χ1) is 18.5. The minimum atomic E-state index is -0.806. The number of halogens is 2. The molecule has 0 aliphatic carbocycles. The van der Waals surface area contributed by atoms with Gasteiger partial charge in [0, 0.05) is 48.9 Å². The fraction of sp³-hybridized carbons (Fsp3) is 0.207. The second kappa shape index (κ2) is 10.3. The monoisotopic (exact) mass is 512 g/mol. The number of hydrogen-bond donors (Lipinski definition) is 1. The summed E-state index contributed by atoms with van der Waals surface area (Å²) in [6, 6.07) is 22.1. The normalized spacial score (nSPS) is 15.2. The van der Waals surface area contributed by atoms with Gasteiger partial charge in [0.15, 0.2) is 11.6 Å². The number of fused-ring (bicyclic) bond motifs is 1. The lowest BCUT2D eigenvalue weighted by molar-refractivity contribution is -0.0136. The van der Waals surface area contributed by atoms with E-state index in [2.05, 4.69) is 32.1 Å². The number of benzene rings is 3. The lowest BCUT2D eigenvalue weighted by Crippen LogP contribution is -2.51. The molecule has 0 radical (unpaired) electrons. The predicted octanol–water partition coefficient (Wildman–Crippen LogP) is 4.58. The van der Waals surface area contributed by atoms with Crippen LogP contribution in [0.1, 0.15) is 0 Å². The molecular weight excluding hydrogens is 486 g/mol. The smallest absolute Gasteiger partial charge is 0.181 e. The van der Waals surface area contributed by atoms with Crippen LogP contribution < -0.4 is 4.90 Å². The van der Waals surface area contributed by atoms with Crippen LogP contribution in [0.3, 0.4) is 0 Å². The number of nitrogens with zero attached hydrogens (tertiary/aromatic N) is 6. The van der Waals surface area contributed by atoms with Crippen molar-refractivity contribution in [3.8, 4) is 22.8 Å². The summed E-state index contributed by atoms with van der Waals surface area (Å²) in [6.07, 6.45) is 1.03. The van der Waals surface area contributed by atoms with Crippen LogP contribution in [0.5, 0.6) is 0 Å². The molecule has 1 N–H and O–H groups in total. The molecular formula is C29H26F2N6O. The molecule has 192 valence electrons. The van der Waals surface area contributed by atoms with Crippen molar-refractivity contribution >= 4 is 16.6 Å². The number of piperazine rings is 1. The Labute approximate surface area is 218 Å². The summed E-state index contributed by atoms with van der Waals surface area (Å²) in [4.78, 5) is 13.5. The van der Waals surface area contributed by atoms with Gasteiger partial charge in [0.05, 0.1) is 6.54 Å². The van der Waals surface area contributed by atoms with E-state index in [0.717, 1.165) is 29.7 Å². The van der Waals surface area contributed by atoms with Crippen LogP contribution in [0.4, 0.5) is 14.6 Å². The second-order valence-corrected chi connectivity index (χ2v) is 9.31. The van der Waals surface area contributed by atoms with E-state index in [9.17, 15) is 13.9 Å². The molecule has 3 heterocycles. The zero-order chi connectivity index (χ0) is 26.1. The van der Waals surface area contributed by atoms with Gasteiger partial charge in [0.1, 0.15) is 23.7 Å². The standard InChI is InChI=1S/C29H26F2N6O/c30-23-9-5-21(6-10-23)27-33-28(22-7-11-24(31)12-8-22)37(34-27)19-26(38)35-15-17-36(18-16-35)29-25-4-2-1-3-20(25)13-14-32-29/h1-14,26,38H,15-19H2. The Balaban J connectivity index is 1.21. The van der Waals surface area contributed by atoms with Crippen molar-refractivity contribution in [2.24, 2.45) is 0 Å². The number of aliphatic hydroxyl groups is 1. The summed E-state index contributed by atoms with van der Waals surface area (Å²) < 4.78 is 28.7. The van der Waals surface area contributed by atoms with E-state index in [1.807, 2.05) is 29.3 Å². The topological polar surface area (TPSA) is 70.3 Å². The van der Waals surface area contributed by atoms with Gasteiger partial charge in [0.25, 0.3) is 0 Å². The molecule has 7 nitrogen and oxygen atoms in total. The molecule has 38 heavy (non-hydrogen) atoms. The maximum absolute atomic E-state index is 13.6. The van der Waals surface area contributed by atoms with E-state index in [1.54, 1.807) is 28.9 Å². The van der Waals surface area contributed by atoms with Crippen molar-refractivity contribution in [2.75, 3.05) is 31.1 Å². The lowest BCUT2D eigenvalue weighted by atomic mass is 10.1. The third-order valence-corrected chi connectivity index (χ3v) is 6.90. The summed E-state index contributed by atoms with van der Waals surface area (Å²) in [5, 5.41) is 18.1. The third kappa shape index (κ3) is 4.85. The van der Waals surface area contributed by atoms with E-state index in [1.165, 1.54) is 24.3 Å². The van der Waals surface area contributed by atoms with Crippen LogP contribution in [-0.4, -0.2) is 62.2 Å². The summed E-state index contributed by atoms with van der Waals surface area (Å²) in [5.41, 5.74) is 1.32. The van der Waals surface area contributed by atoms with Crippen LogP contribution in [0.25, 0.3) is 33.5 Å². The lowest BCUT2D eigenvalue weighted by Gasteiger charge is -2.38. The highest BCUT2D eigenvalue weighted by atomic mass is 19.1. The second-order valence-electron chi connectivity index (χ2n) is 9.31. The van der Waals surface area contributed by atoms with Crippen molar-refractivity contribution in [1.29, 1.82) is 0 Å². The number of hydrogen-bond acceptors (Lipinski definition) is 6. The first-order valence-corrected chi connectivity index (χ1v) is 12.5. The highest BCUT2D eigenvalue weighted by Crippen LogP contribution is 2.26. The molecule has 1 atom stereocenters. The van der Waals surface area contributed by atoms with Crippen LogP contribution in [0, 0.1) is 11.6 Å². The third-order valence-electron chi connectivity index (χ3n) is 6.90. The molecule has 1 unspecified atom stereocenters. The molecule has 9 heteroatoms.